The summed E-state index contributed by atoms with van der Waals surface area (Å²) in [5.41, 5.74) is 9.19. The van der Waals surface area contributed by atoms with Crippen molar-refractivity contribution in [3.05, 3.63) is 59.5 Å². The monoisotopic (exact) mass is 241 g/mol. The van der Waals surface area contributed by atoms with Gasteiger partial charge in [0, 0.05) is 6.42 Å². The Hall–Kier alpha value is -1.54. The smallest absolute Gasteiger partial charge is 0.104 e. The molecule has 2 nitrogen and oxygen atoms in total. The van der Waals surface area contributed by atoms with Crippen molar-refractivity contribution in [1.29, 1.82) is 0 Å². The minimum absolute atomic E-state index is 0.173. The first-order valence-corrected chi connectivity index (χ1v) is 6.61. The summed E-state index contributed by atoms with van der Waals surface area (Å²) in [6, 6.07) is 12.7. The lowest BCUT2D eigenvalue weighted by Crippen LogP contribution is -2.38. The largest absolute Gasteiger partial charge is 0.469 e. The fourth-order valence-corrected chi connectivity index (χ4v) is 3.05. The zero-order chi connectivity index (χ0) is 12.4. The van der Waals surface area contributed by atoms with Gasteiger partial charge in [-0.1, -0.05) is 24.3 Å². The van der Waals surface area contributed by atoms with Crippen molar-refractivity contribution in [1.82, 2.24) is 0 Å². The second-order valence-electron chi connectivity index (χ2n) is 5.41. The van der Waals surface area contributed by atoms with Crippen LogP contribution in [-0.4, -0.2) is 6.54 Å². The van der Waals surface area contributed by atoms with Crippen molar-refractivity contribution in [3.8, 4) is 0 Å². The van der Waals surface area contributed by atoms with Crippen molar-refractivity contribution in [2.45, 2.75) is 25.7 Å². The average Bonchev–Trinajstić information content (AvgIpc) is 2.91. The van der Waals surface area contributed by atoms with E-state index in [4.69, 9.17) is 10.2 Å². The molecule has 1 unspecified atom stereocenters. The van der Waals surface area contributed by atoms with Gasteiger partial charge in [0.25, 0.3) is 0 Å². The summed E-state index contributed by atoms with van der Waals surface area (Å²) >= 11 is 0. The number of benzene rings is 1. The van der Waals surface area contributed by atoms with Gasteiger partial charge in [0.05, 0.1) is 6.26 Å². The van der Waals surface area contributed by atoms with Crippen LogP contribution in [0.4, 0.5) is 0 Å². The van der Waals surface area contributed by atoms with Gasteiger partial charge in [-0.05, 0) is 54.5 Å². The predicted octanol–water partition coefficient (Wildman–Crippen LogP) is 2.96. The lowest BCUT2D eigenvalue weighted by molar-refractivity contribution is 0.236. The van der Waals surface area contributed by atoms with Crippen molar-refractivity contribution < 1.29 is 4.42 Å². The molecule has 2 aromatic rings. The molecule has 0 bridgehead atoms. The van der Waals surface area contributed by atoms with E-state index < -0.39 is 0 Å². The van der Waals surface area contributed by atoms with Crippen LogP contribution in [0.3, 0.4) is 0 Å². The lowest BCUT2D eigenvalue weighted by atomic mass is 9.69. The van der Waals surface area contributed by atoms with Crippen LogP contribution in [0.5, 0.6) is 0 Å². The van der Waals surface area contributed by atoms with Crippen LogP contribution in [0, 0.1) is 5.41 Å². The van der Waals surface area contributed by atoms with Gasteiger partial charge in [-0.15, -0.1) is 0 Å². The third kappa shape index (κ3) is 2.08. The Morgan fingerprint density at radius 3 is 2.67 bits per heavy atom. The standard InChI is InChI=1S/C16H19NO/c17-12-16(11-15-6-3-9-18-15)8-7-13-4-1-2-5-14(13)10-16/h1-6,9H,7-8,10-12,17H2. The molecule has 1 heterocycles. The molecule has 2 N–H and O–H groups in total. The van der Waals surface area contributed by atoms with Crippen molar-refractivity contribution in [3.63, 3.8) is 0 Å². The fourth-order valence-electron chi connectivity index (χ4n) is 3.05. The summed E-state index contributed by atoms with van der Waals surface area (Å²) in [5, 5.41) is 0. The Bertz CT molecular complexity index is 518. The molecule has 0 aliphatic heterocycles. The van der Waals surface area contributed by atoms with Crippen LogP contribution in [0.15, 0.2) is 47.1 Å². The quantitative estimate of drug-likeness (QED) is 0.897. The average molecular weight is 241 g/mol. The number of rotatable bonds is 3. The molecule has 1 aromatic heterocycles. The fraction of sp³-hybridized carbons (Fsp3) is 0.375. The van der Waals surface area contributed by atoms with E-state index in [1.807, 2.05) is 6.07 Å². The van der Waals surface area contributed by atoms with E-state index in [0.717, 1.165) is 38.0 Å². The van der Waals surface area contributed by atoms with Gasteiger partial charge in [0.1, 0.15) is 5.76 Å². The third-order valence-electron chi connectivity index (χ3n) is 4.17. The molecule has 0 radical (unpaired) electrons. The molecule has 1 atom stereocenters. The number of nitrogens with two attached hydrogens (primary N) is 1. The molecule has 2 heteroatoms. The Kier molecular flexibility index (Phi) is 2.96. The zero-order valence-corrected chi connectivity index (χ0v) is 10.6. The number of hydrogen-bond acceptors (Lipinski definition) is 2. The molecule has 0 saturated heterocycles. The molecule has 1 aliphatic rings. The number of fused-ring (bicyclic) bond motifs is 1. The third-order valence-corrected chi connectivity index (χ3v) is 4.17. The predicted molar refractivity (Wildman–Crippen MR) is 72.4 cm³/mol. The Morgan fingerprint density at radius 2 is 1.94 bits per heavy atom. The molecule has 1 aromatic carbocycles. The highest BCUT2D eigenvalue weighted by molar-refractivity contribution is 5.31. The van der Waals surface area contributed by atoms with Gasteiger partial charge in [0.15, 0.2) is 0 Å². The maximum Gasteiger partial charge on any atom is 0.104 e. The summed E-state index contributed by atoms with van der Waals surface area (Å²) < 4.78 is 5.50. The molecular formula is C16H19NO. The second-order valence-corrected chi connectivity index (χ2v) is 5.41. The Balaban J connectivity index is 1.86. The molecule has 1 aliphatic carbocycles. The number of aryl methyl sites for hydroxylation is 1. The van der Waals surface area contributed by atoms with E-state index in [2.05, 4.69) is 30.3 Å². The van der Waals surface area contributed by atoms with Crippen LogP contribution >= 0.6 is 0 Å². The molecule has 0 fully saturated rings. The summed E-state index contributed by atoms with van der Waals surface area (Å²) in [6.45, 7) is 0.724. The Morgan fingerprint density at radius 1 is 1.11 bits per heavy atom. The van der Waals surface area contributed by atoms with E-state index in [0.29, 0.717) is 0 Å². The molecule has 18 heavy (non-hydrogen) atoms. The first-order valence-electron chi connectivity index (χ1n) is 6.61. The summed E-state index contributed by atoms with van der Waals surface area (Å²) in [4.78, 5) is 0. The lowest BCUT2D eigenvalue weighted by Gasteiger charge is -2.36. The van der Waals surface area contributed by atoms with Crippen molar-refractivity contribution in [2.24, 2.45) is 11.1 Å². The van der Waals surface area contributed by atoms with Gasteiger partial charge in [-0.3, -0.25) is 0 Å². The van der Waals surface area contributed by atoms with Crippen LogP contribution < -0.4 is 5.73 Å². The van der Waals surface area contributed by atoms with Crippen LogP contribution in [0.25, 0.3) is 0 Å². The van der Waals surface area contributed by atoms with Gasteiger partial charge in [-0.2, -0.15) is 0 Å². The van der Waals surface area contributed by atoms with E-state index >= 15 is 0 Å². The first kappa shape index (κ1) is 11.5. The number of hydrogen-bond donors (Lipinski definition) is 1. The molecular weight excluding hydrogens is 222 g/mol. The summed E-state index contributed by atoms with van der Waals surface area (Å²) in [5.74, 6) is 1.06. The molecule has 3 rings (SSSR count). The maximum absolute atomic E-state index is 6.07. The highest BCUT2D eigenvalue weighted by atomic mass is 16.3. The SMILES string of the molecule is NCC1(Cc2ccco2)CCc2ccccc2C1. The van der Waals surface area contributed by atoms with E-state index in [9.17, 15) is 0 Å². The van der Waals surface area contributed by atoms with Gasteiger partial charge in [-0.25, -0.2) is 0 Å². The minimum Gasteiger partial charge on any atom is -0.469 e. The summed E-state index contributed by atoms with van der Waals surface area (Å²) in [6.07, 6.45) is 6.05. The number of furan rings is 1. The molecule has 94 valence electrons. The molecule has 0 saturated carbocycles. The first-order chi connectivity index (χ1) is 8.81. The van der Waals surface area contributed by atoms with Crippen molar-refractivity contribution in [2.75, 3.05) is 6.54 Å². The highest BCUT2D eigenvalue weighted by Crippen LogP contribution is 2.37. The van der Waals surface area contributed by atoms with Gasteiger partial charge < -0.3 is 10.2 Å². The maximum atomic E-state index is 6.07. The van der Waals surface area contributed by atoms with E-state index in [-0.39, 0.29) is 5.41 Å². The van der Waals surface area contributed by atoms with Crippen LogP contribution in [0.2, 0.25) is 0 Å². The zero-order valence-electron chi connectivity index (χ0n) is 10.6. The Labute approximate surface area is 108 Å². The van der Waals surface area contributed by atoms with E-state index in [1.54, 1.807) is 6.26 Å². The second kappa shape index (κ2) is 4.62. The summed E-state index contributed by atoms with van der Waals surface area (Å²) in [7, 11) is 0. The normalized spacial score (nSPS) is 22.7. The highest BCUT2D eigenvalue weighted by Gasteiger charge is 2.34. The van der Waals surface area contributed by atoms with Crippen molar-refractivity contribution >= 4 is 0 Å². The van der Waals surface area contributed by atoms with Gasteiger partial charge >= 0.3 is 0 Å². The minimum atomic E-state index is 0.173. The molecule has 0 amide bonds. The van der Waals surface area contributed by atoms with E-state index in [1.165, 1.54) is 11.1 Å². The molecule has 0 spiro atoms. The van der Waals surface area contributed by atoms with Crippen LogP contribution in [-0.2, 0) is 19.3 Å². The van der Waals surface area contributed by atoms with Gasteiger partial charge in [0.2, 0.25) is 0 Å². The topological polar surface area (TPSA) is 39.2 Å². The van der Waals surface area contributed by atoms with Crippen LogP contribution in [0.1, 0.15) is 23.3 Å².